The molecule has 0 radical (unpaired) electrons. The molecule has 2 aromatic carbocycles. The summed E-state index contributed by atoms with van der Waals surface area (Å²) >= 11 is 6.08. The molecule has 0 spiro atoms. The molecule has 1 saturated heterocycles. The van der Waals surface area contributed by atoms with Crippen LogP contribution in [0.5, 0.6) is 0 Å². The zero-order valence-corrected chi connectivity index (χ0v) is 18.0. The van der Waals surface area contributed by atoms with Crippen LogP contribution in [0.3, 0.4) is 0 Å². The van der Waals surface area contributed by atoms with Crippen LogP contribution in [0.2, 0.25) is 5.02 Å². The van der Waals surface area contributed by atoms with E-state index in [1.165, 1.54) is 0 Å². The molecular formula is C24H25ClN4O. The average Bonchev–Trinajstić information content (AvgIpc) is 2.79. The van der Waals surface area contributed by atoms with E-state index >= 15 is 0 Å². The molecule has 0 N–H and O–H groups in total. The number of rotatable bonds is 4. The molecule has 1 fully saturated rings. The maximum Gasteiger partial charge on any atom is 0.253 e. The number of hydrogen-bond donors (Lipinski definition) is 0. The molecule has 30 heavy (non-hydrogen) atoms. The molecule has 0 unspecified atom stereocenters. The van der Waals surface area contributed by atoms with Crippen LogP contribution in [0.25, 0.3) is 11.1 Å². The van der Waals surface area contributed by atoms with Crippen LogP contribution in [0, 0.1) is 0 Å². The van der Waals surface area contributed by atoms with Gasteiger partial charge in [0.1, 0.15) is 0 Å². The van der Waals surface area contributed by atoms with Crippen molar-refractivity contribution in [3.63, 3.8) is 0 Å². The van der Waals surface area contributed by atoms with Crippen molar-refractivity contribution < 1.29 is 4.79 Å². The van der Waals surface area contributed by atoms with Gasteiger partial charge in [0.05, 0.1) is 5.69 Å². The van der Waals surface area contributed by atoms with Crippen LogP contribution >= 0.6 is 11.6 Å². The van der Waals surface area contributed by atoms with Gasteiger partial charge in [-0.15, -0.1) is 0 Å². The van der Waals surface area contributed by atoms with Crippen molar-refractivity contribution in [2.75, 3.05) is 32.1 Å². The predicted octanol–water partition coefficient (Wildman–Crippen LogP) is 4.88. The number of aromatic nitrogens is 2. The van der Waals surface area contributed by atoms with Gasteiger partial charge in [0.25, 0.3) is 5.91 Å². The Morgan fingerprint density at radius 2 is 1.83 bits per heavy atom. The topological polar surface area (TPSA) is 49.3 Å². The molecule has 0 bridgehead atoms. The van der Waals surface area contributed by atoms with Crippen molar-refractivity contribution in [3.05, 3.63) is 77.1 Å². The van der Waals surface area contributed by atoms with E-state index in [0.29, 0.717) is 17.5 Å². The quantitative estimate of drug-likeness (QED) is 0.603. The van der Waals surface area contributed by atoms with Crippen LogP contribution in [0.1, 0.15) is 34.8 Å². The highest BCUT2D eigenvalue weighted by atomic mass is 35.5. The molecule has 1 aliphatic rings. The van der Waals surface area contributed by atoms with E-state index in [-0.39, 0.29) is 11.8 Å². The molecule has 5 nitrogen and oxygen atoms in total. The first-order chi connectivity index (χ1) is 14.5. The van der Waals surface area contributed by atoms with Gasteiger partial charge in [0.15, 0.2) is 0 Å². The number of anilines is 1. The number of carbonyl (C=O) groups excluding carboxylic acids is 1. The third-order valence-electron chi connectivity index (χ3n) is 5.48. The van der Waals surface area contributed by atoms with Gasteiger partial charge in [-0.05, 0) is 42.7 Å². The van der Waals surface area contributed by atoms with Crippen molar-refractivity contribution in [2.45, 2.75) is 18.8 Å². The summed E-state index contributed by atoms with van der Waals surface area (Å²) < 4.78 is 0. The Labute approximate surface area is 182 Å². The first kappa shape index (κ1) is 20.4. The Balaban J connectivity index is 1.68. The summed E-state index contributed by atoms with van der Waals surface area (Å²) in [6, 6.07) is 17.2. The molecule has 4 rings (SSSR count). The number of likely N-dealkylation sites (tertiary alicyclic amines) is 1. The van der Waals surface area contributed by atoms with Gasteiger partial charge >= 0.3 is 0 Å². The lowest BCUT2D eigenvalue weighted by Crippen LogP contribution is -2.39. The zero-order valence-electron chi connectivity index (χ0n) is 17.3. The maximum atomic E-state index is 13.0. The standard InChI is InChI=1S/C24H25ClN4O/c1-28(2)24-26-15-21(17-10-12-20(25)13-11-17)22(27-24)19-9-6-14-29(16-19)23(30)18-7-4-3-5-8-18/h3-5,7-8,10-13,15,19H,6,9,14,16H2,1-2H3/t19-/m0/s1. The van der Waals surface area contributed by atoms with Gasteiger partial charge in [-0.25, -0.2) is 9.97 Å². The Morgan fingerprint density at radius 1 is 1.10 bits per heavy atom. The van der Waals surface area contributed by atoms with Gasteiger partial charge < -0.3 is 9.80 Å². The fourth-order valence-corrected chi connectivity index (χ4v) is 4.04. The van der Waals surface area contributed by atoms with Crippen LogP contribution in [0.4, 0.5) is 5.95 Å². The molecule has 3 aromatic rings. The number of halogens is 1. The third-order valence-corrected chi connectivity index (χ3v) is 5.73. The van der Waals surface area contributed by atoms with Crippen molar-refractivity contribution in [2.24, 2.45) is 0 Å². The number of hydrogen-bond acceptors (Lipinski definition) is 4. The Hall–Kier alpha value is -2.92. The molecule has 0 aliphatic carbocycles. The van der Waals surface area contributed by atoms with E-state index in [1.807, 2.05) is 84.7 Å². The highest BCUT2D eigenvalue weighted by molar-refractivity contribution is 6.30. The Kier molecular flexibility index (Phi) is 6.00. The van der Waals surface area contributed by atoms with Crippen LogP contribution in [-0.4, -0.2) is 48.0 Å². The van der Waals surface area contributed by atoms with E-state index in [9.17, 15) is 4.79 Å². The van der Waals surface area contributed by atoms with Crippen molar-refractivity contribution in [1.82, 2.24) is 14.9 Å². The minimum Gasteiger partial charge on any atom is -0.347 e. The minimum atomic E-state index is 0.0789. The van der Waals surface area contributed by atoms with E-state index in [4.69, 9.17) is 16.6 Å². The summed E-state index contributed by atoms with van der Waals surface area (Å²) in [5.74, 6) is 0.906. The van der Waals surface area contributed by atoms with Gasteiger partial charge in [0, 0.05) is 55.4 Å². The fraction of sp³-hybridized carbons (Fsp3) is 0.292. The number of amides is 1. The van der Waals surface area contributed by atoms with Gasteiger partial charge in [-0.1, -0.05) is 41.9 Å². The maximum absolute atomic E-state index is 13.0. The van der Waals surface area contributed by atoms with E-state index in [2.05, 4.69) is 4.98 Å². The highest BCUT2D eigenvalue weighted by Crippen LogP contribution is 2.34. The summed E-state index contributed by atoms with van der Waals surface area (Å²) in [5.41, 5.74) is 3.75. The largest absolute Gasteiger partial charge is 0.347 e. The lowest BCUT2D eigenvalue weighted by Gasteiger charge is -2.33. The number of benzene rings is 2. The first-order valence-electron chi connectivity index (χ1n) is 10.2. The smallest absolute Gasteiger partial charge is 0.253 e. The summed E-state index contributed by atoms with van der Waals surface area (Å²) in [7, 11) is 3.88. The van der Waals surface area contributed by atoms with Gasteiger partial charge in [-0.3, -0.25) is 4.79 Å². The molecule has 1 amide bonds. The second-order valence-corrected chi connectivity index (χ2v) is 8.26. The lowest BCUT2D eigenvalue weighted by atomic mass is 9.89. The predicted molar refractivity (Wildman–Crippen MR) is 121 cm³/mol. The molecule has 6 heteroatoms. The summed E-state index contributed by atoms with van der Waals surface area (Å²) in [6.07, 6.45) is 3.83. The van der Waals surface area contributed by atoms with Gasteiger partial charge in [-0.2, -0.15) is 0 Å². The normalized spacial score (nSPS) is 16.4. The van der Waals surface area contributed by atoms with Crippen molar-refractivity contribution in [1.29, 1.82) is 0 Å². The number of carbonyl (C=O) groups is 1. The van der Waals surface area contributed by atoms with Crippen LogP contribution < -0.4 is 4.90 Å². The molecular weight excluding hydrogens is 396 g/mol. The molecule has 1 atom stereocenters. The summed E-state index contributed by atoms with van der Waals surface area (Å²) in [5, 5.41) is 0.698. The fourth-order valence-electron chi connectivity index (χ4n) is 3.91. The summed E-state index contributed by atoms with van der Waals surface area (Å²) in [6.45, 7) is 1.42. The Morgan fingerprint density at radius 3 is 2.53 bits per heavy atom. The molecule has 1 aliphatic heterocycles. The first-order valence-corrected chi connectivity index (χ1v) is 10.6. The summed E-state index contributed by atoms with van der Waals surface area (Å²) in [4.78, 5) is 26.3. The second-order valence-electron chi connectivity index (χ2n) is 7.83. The SMILES string of the molecule is CN(C)c1ncc(-c2ccc(Cl)cc2)c([C@H]2CCCN(C(=O)c3ccccc3)C2)n1. The molecule has 154 valence electrons. The highest BCUT2D eigenvalue weighted by Gasteiger charge is 2.28. The molecule has 0 saturated carbocycles. The lowest BCUT2D eigenvalue weighted by molar-refractivity contribution is 0.0706. The minimum absolute atomic E-state index is 0.0789. The van der Waals surface area contributed by atoms with E-state index in [1.54, 1.807) is 0 Å². The Bertz CT molecular complexity index is 1020. The monoisotopic (exact) mass is 420 g/mol. The third kappa shape index (κ3) is 4.31. The van der Waals surface area contributed by atoms with Crippen molar-refractivity contribution >= 4 is 23.5 Å². The average molecular weight is 421 g/mol. The van der Waals surface area contributed by atoms with Crippen molar-refractivity contribution in [3.8, 4) is 11.1 Å². The number of piperidine rings is 1. The van der Waals surface area contributed by atoms with Crippen LogP contribution in [0.15, 0.2) is 60.8 Å². The zero-order chi connectivity index (χ0) is 21.1. The molecule has 1 aromatic heterocycles. The van der Waals surface area contributed by atoms with E-state index < -0.39 is 0 Å². The van der Waals surface area contributed by atoms with Crippen LogP contribution in [-0.2, 0) is 0 Å². The second kappa shape index (κ2) is 8.84. The molecule has 2 heterocycles. The number of nitrogens with zero attached hydrogens (tertiary/aromatic N) is 4. The van der Waals surface area contributed by atoms with Gasteiger partial charge in [0.2, 0.25) is 5.95 Å². The van der Waals surface area contributed by atoms with E-state index in [0.717, 1.165) is 41.8 Å².